The molecular formula is C11H11Br2NS2. The van der Waals surface area contributed by atoms with Crippen LogP contribution in [0.1, 0.15) is 21.4 Å². The van der Waals surface area contributed by atoms with Crippen LogP contribution >= 0.6 is 54.5 Å². The minimum absolute atomic E-state index is 0.291. The Morgan fingerprint density at radius 3 is 2.38 bits per heavy atom. The largest absolute Gasteiger partial charge is 0.309 e. The molecule has 86 valence electrons. The van der Waals surface area contributed by atoms with Gasteiger partial charge in [0.1, 0.15) is 0 Å². The van der Waals surface area contributed by atoms with E-state index in [9.17, 15) is 0 Å². The zero-order valence-electron chi connectivity index (χ0n) is 8.88. The Morgan fingerprint density at radius 2 is 1.94 bits per heavy atom. The molecule has 1 atom stereocenters. The van der Waals surface area contributed by atoms with Crippen LogP contribution in [0.4, 0.5) is 0 Å². The Hall–Kier alpha value is 0.320. The fraction of sp³-hybridized carbons (Fsp3) is 0.273. The fourth-order valence-corrected chi connectivity index (χ4v) is 4.98. The molecule has 0 bridgehead atoms. The third-order valence-electron chi connectivity index (χ3n) is 2.40. The van der Waals surface area contributed by atoms with E-state index >= 15 is 0 Å². The van der Waals surface area contributed by atoms with Crippen molar-refractivity contribution in [2.75, 3.05) is 7.05 Å². The summed E-state index contributed by atoms with van der Waals surface area (Å²) in [6.07, 6.45) is 0. The first-order valence-electron chi connectivity index (χ1n) is 4.80. The average Bonchev–Trinajstić information content (AvgIpc) is 2.76. The second-order valence-corrected chi connectivity index (χ2v) is 8.56. The van der Waals surface area contributed by atoms with Crippen molar-refractivity contribution in [3.05, 3.63) is 41.1 Å². The Morgan fingerprint density at radius 1 is 1.19 bits per heavy atom. The molecule has 0 aliphatic rings. The number of halogens is 2. The van der Waals surface area contributed by atoms with Crippen LogP contribution in [0.3, 0.4) is 0 Å². The van der Waals surface area contributed by atoms with Crippen LogP contribution < -0.4 is 5.32 Å². The zero-order chi connectivity index (χ0) is 11.7. The van der Waals surface area contributed by atoms with Crippen LogP contribution in [0, 0.1) is 6.92 Å². The average molecular weight is 381 g/mol. The highest BCUT2D eigenvalue weighted by atomic mass is 79.9. The van der Waals surface area contributed by atoms with Crippen molar-refractivity contribution in [3.8, 4) is 0 Å². The molecule has 2 aromatic rings. The molecule has 0 fully saturated rings. The van der Waals surface area contributed by atoms with Crippen LogP contribution in [-0.4, -0.2) is 7.05 Å². The Bertz CT molecular complexity index is 490. The molecule has 0 aliphatic carbocycles. The second kappa shape index (κ2) is 5.31. The van der Waals surface area contributed by atoms with Crippen LogP contribution in [0.5, 0.6) is 0 Å². The van der Waals surface area contributed by atoms with E-state index in [-0.39, 0.29) is 0 Å². The minimum atomic E-state index is 0.291. The summed E-state index contributed by atoms with van der Waals surface area (Å²) in [5.41, 5.74) is 1.36. The van der Waals surface area contributed by atoms with E-state index in [0.29, 0.717) is 6.04 Å². The summed E-state index contributed by atoms with van der Waals surface area (Å²) in [5.74, 6) is 0. The van der Waals surface area contributed by atoms with Gasteiger partial charge in [-0.3, -0.25) is 0 Å². The fourth-order valence-electron chi connectivity index (χ4n) is 1.68. The lowest BCUT2D eigenvalue weighted by Gasteiger charge is -2.14. The van der Waals surface area contributed by atoms with Gasteiger partial charge >= 0.3 is 0 Å². The molecule has 2 heterocycles. The molecule has 2 rings (SSSR count). The minimum Gasteiger partial charge on any atom is -0.309 e. The van der Waals surface area contributed by atoms with Gasteiger partial charge in [-0.2, -0.15) is 0 Å². The monoisotopic (exact) mass is 379 g/mol. The molecule has 0 amide bonds. The molecule has 1 N–H and O–H groups in total. The van der Waals surface area contributed by atoms with Crippen molar-refractivity contribution in [1.29, 1.82) is 0 Å². The van der Waals surface area contributed by atoms with Gasteiger partial charge < -0.3 is 5.32 Å². The topological polar surface area (TPSA) is 12.0 Å². The molecule has 1 nitrogen and oxygen atoms in total. The van der Waals surface area contributed by atoms with Crippen molar-refractivity contribution in [3.63, 3.8) is 0 Å². The number of hydrogen-bond donors (Lipinski definition) is 1. The van der Waals surface area contributed by atoms with Gasteiger partial charge in [0.15, 0.2) is 0 Å². The molecule has 16 heavy (non-hydrogen) atoms. The van der Waals surface area contributed by atoms with Crippen molar-refractivity contribution in [2.24, 2.45) is 0 Å². The quantitative estimate of drug-likeness (QED) is 0.793. The smallest absolute Gasteiger partial charge is 0.0704 e. The maximum absolute atomic E-state index is 3.54. The molecular weight excluding hydrogens is 370 g/mol. The maximum Gasteiger partial charge on any atom is 0.0704 e. The molecule has 5 heteroatoms. The van der Waals surface area contributed by atoms with Crippen molar-refractivity contribution in [2.45, 2.75) is 13.0 Å². The van der Waals surface area contributed by atoms with Gasteiger partial charge in [-0.05, 0) is 69.6 Å². The van der Waals surface area contributed by atoms with Gasteiger partial charge in [-0.25, -0.2) is 0 Å². The first-order valence-corrected chi connectivity index (χ1v) is 8.02. The highest BCUT2D eigenvalue weighted by molar-refractivity contribution is 9.11. The van der Waals surface area contributed by atoms with Crippen LogP contribution in [-0.2, 0) is 0 Å². The van der Waals surface area contributed by atoms with E-state index < -0.39 is 0 Å². The summed E-state index contributed by atoms with van der Waals surface area (Å²) < 4.78 is 2.37. The lowest BCUT2D eigenvalue weighted by molar-refractivity contribution is 0.703. The predicted molar refractivity (Wildman–Crippen MR) is 79.7 cm³/mol. The maximum atomic E-state index is 3.54. The normalized spacial score (nSPS) is 13.0. The molecule has 1 unspecified atom stereocenters. The first-order chi connectivity index (χ1) is 7.61. The van der Waals surface area contributed by atoms with E-state index in [0.717, 1.165) is 0 Å². The van der Waals surface area contributed by atoms with Gasteiger partial charge in [0.25, 0.3) is 0 Å². The van der Waals surface area contributed by atoms with Crippen molar-refractivity contribution < 1.29 is 0 Å². The third kappa shape index (κ3) is 2.59. The third-order valence-corrected chi connectivity index (χ3v) is 5.66. The molecule has 0 spiro atoms. The van der Waals surface area contributed by atoms with Gasteiger partial charge in [-0.15, -0.1) is 22.7 Å². The number of rotatable bonds is 3. The Labute approximate surface area is 120 Å². The zero-order valence-corrected chi connectivity index (χ0v) is 13.7. The van der Waals surface area contributed by atoms with E-state index in [1.165, 1.54) is 22.9 Å². The van der Waals surface area contributed by atoms with Crippen LogP contribution in [0.2, 0.25) is 0 Å². The lowest BCUT2D eigenvalue weighted by Crippen LogP contribution is -2.16. The molecule has 0 radical (unpaired) electrons. The SMILES string of the molecule is CNC(c1ccc(Br)s1)c1cc(Br)sc1C. The highest BCUT2D eigenvalue weighted by Gasteiger charge is 2.18. The number of hydrogen-bond acceptors (Lipinski definition) is 3. The van der Waals surface area contributed by atoms with Crippen molar-refractivity contribution >= 4 is 54.5 Å². The lowest BCUT2D eigenvalue weighted by atomic mass is 10.1. The Balaban J connectivity index is 2.40. The number of nitrogens with one attached hydrogen (secondary N) is 1. The summed E-state index contributed by atoms with van der Waals surface area (Å²) in [4.78, 5) is 2.69. The highest BCUT2D eigenvalue weighted by Crippen LogP contribution is 2.36. The first kappa shape index (κ1) is 12.8. The standard InChI is InChI=1S/C11H11Br2NS2/c1-6-7(5-10(13)15-6)11(14-2)8-3-4-9(12)16-8/h3-5,11,14H,1-2H3. The summed E-state index contributed by atoms with van der Waals surface area (Å²) in [5, 5.41) is 3.38. The molecule has 2 aromatic heterocycles. The molecule has 0 saturated carbocycles. The number of aryl methyl sites for hydroxylation is 1. The number of thiophene rings is 2. The van der Waals surface area contributed by atoms with Gasteiger partial charge in [0.2, 0.25) is 0 Å². The van der Waals surface area contributed by atoms with Gasteiger partial charge in [-0.1, -0.05) is 0 Å². The van der Waals surface area contributed by atoms with E-state index in [1.807, 2.05) is 7.05 Å². The van der Waals surface area contributed by atoms with E-state index in [4.69, 9.17) is 0 Å². The van der Waals surface area contributed by atoms with Crippen LogP contribution in [0.15, 0.2) is 25.8 Å². The predicted octanol–water partition coefficient (Wildman–Crippen LogP) is 4.95. The van der Waals surface area contributed by atoms with E-state index in [2.05, 4.69) is 62.3 Å². The molecule has 0 aromatic carbocycles. The summed E-state index contributed by atoms with van der Waals surface area (Å²) >= 11 is 10.6. The summed E-state index contributed by atoms with van der Waals surface area (Å²) in [6, 6.07) is 6.76. The van der Waals surface area contributed by atoms with Crippen molar-refractivity contribution in [1.82, 2.24) is 5.32 Å². The second-order valence-electron chi connectivity index (χ2n) is 3.43. The van der Waals surface area contributed by atoms with Gasteiger partial charge in [0.05, 0.1) is 13.6 Å². The summed E-state index contributed by atoms with van der Waals surface area (Å²) in [7, 11) is 2.00. The van der Waals surface area contributed by atoms with Gasteiger partial charge in [0, 0.05) is 9.75 Å². The van der Waals surface area contributed by atoms with Crippen LogP contribution in [0.25, 0.3) is 0 Å². The van der Waals surface area contributed by atoms with E-state index in [1.54, 1.807) is 22.7 Å². The Kier molecular flexibility index (Phi) is 4.24. The molecule has 0 aliphatic heterocycles. The summed E-state index contributed by atoms with van der Waals surface area (Å²) in [6.45, 7) is 2.16. The molecule has 0 saturated heterocycles.